The monoisotopic (exact) mass is 1240 g/mol. The molecule has 28 atom stereocenters. The van der Waals surface area contributed by atoms with E-state index >= 15 is 0 Å². The maximum atomic E-state index is 12.3. The maximum Gasteiger partial charge on any atom is 0.261 e. The van der Waals surface area contributed by atoms with Crippen molar-refractivity contribution in [3.8, 4) is 0 Å². The number of likely N-dealkylation sites (N-methyl/N-ethyl adjacent to an activating group) is 1. The number of aliphatic hydroxyl groups is 21. The van der Waals surface area contributed by atoms with E-state index in [0.29, 0.717) is 18.4 Å². The van der Waals surface area contributed by atoms with Gasteiger partial charge in [-0.05, 0) is 62.9 Å². The van der Waals surface area contributed by atoms with Crippen molar-refractivity contribution in [3.05, 3.63) is 23.0 Å². The highest BCUT2D eigenvalue weighted by Gasteiger charge is 2.54. The van der Waals surface area contributed by atoms with Gasteiger partial charge in [0.15, 0.2) is 11.6 Å². The summed E-state index contributed by atoms with van der Waals surface area (Å²) in [5.41, 5.74) is 0.0779. The summed E-state index contributed by atoms with van der Waals surface area (Å²) >= 11 is 0. The van der Waals surface area contributed by atoms with E-state index in [1.165, 1.54) is 46.6 Å². The van der Waals surface area contributed by atoms with Gasteiger partial charge < -0.3 is 117 Å². The lowest BCUT2D eigenvalue weighted by molar-refractivity contribution is -0.356. The fourth-order valence-electron chi connectivity index (χ4n) is 12.2. The topological polar surface area (TPSA) is 471 Å². The zero-order valence-corrected chi connectivity index (χ0v) is 52.3. The highest BCUT2D eigenvalue weighted by molar-refractivity contribution is 6.25. The first-order chi connectivity index (χ1) is 39.8. The van der Waals surface area contributed by atoms with Crippen LogP contribution in [-0.4, -0.2) is 265 Å². The minimum Gasteiger partial charge on any atom is -0.507 e. The lowest BCUT2D eigenvalue weighted by Crippen LogP contribution is -2.65. The fraction of sp³-hybridized carbons (Fsp3) is 0.902. The van der Waals surface area contributed by atoms with E-state index in [-0.39, 0.29) is 49.0 Å². The van der Waals surface area contributed by atoms with Gasteiger partial charge in [-0.1, -0.05) is 106 Å². The molecule has 0 radical (unpaired) electrons. The van der Waals surface area contributed by atoms with Gasteiger partial charge in [0.05, 0.1) is 92.0 Å². The van der Waals surface area contributed by atoms with Gasteiger partial charge in [-0.2, -0.15) is 0 Å². The predicted molar refractivity (Wildman–Crippen MR) is 314 cm³/mol. The number of Topliss-reactive ketones (excluding diaryl/α,β-unsaturated/α-hetero) is 1. The number of carbonyl (C=O) groups is 2. The molecule has 0 bridgehead atoms. The van der Waals surface area contributed by atoms with Gasteiger partial charge >= 0.3 is 0 Å². The Kier molecular flexibility index (Phi) is 34.4. The van der Waals surface area contributed by atoms with Crippen LogP contribution in [0.3, 0.4) is 0 Å². The highest BCUT2D eigenvalue weighted by Crippen LogP contribution is 2.36. The van der Waals surface area contributed by atoms with Gasteiger partial charge in [0, 0.05) is 55.9 Å². The van der Waals surface area contributed by atoms with Gasteiger partial charge in [0.2, 0.25) is 0 Å². The number of ketones is 1. The summed E-state index contributed by atoms with van der Waals surface area (Å²) in [4.78, 5) is 25.8. The van der Waals surface area contributed by atoms with Crippen LogP contribution in [-0.2, 0) is 14.3 Å². The van der Waals surface area contributed by atoms with E-state index in [4.69, 9.17) is 4.74 Å². The molecule has 2 heterocycles. The van der Waals surface area contributed by atoms with Crippen molar-refractivity contribution < 1.29 is 122 Å². The van der Waals surface area contributed by atoms with Crippen LogP contribution in [0, 0.1) is 41.4 Å². The Balaban J connectivity index is 1.88. The second-order valence-electron chi connectivity index (χ2n) is 26.0. The molecule has 0 aliphatic carbocycles. The lowest BCUT2D eigenvalue weighted by atomic mass is 9.77. The van der Waals surface area contributed by atoms with Crippen molar-refractivity contribution >= 4 is 11.7 Å². The van der Waals surface area contributed by atoms with Crippen LogP contribution in [0.25, 0.3) is 0 Å². The SMILES string of the molecule is CCCCCCCCCC(O)C[C@@]1(O)O[C@@H](CC(O)C(O)C(O)C(O)C(O)CC(O)CC(O)CC(O)C(C)C(O)C(C)C(O)CC(O)C(C)C(O)C(C)C(O)C(C)C(O)C(O)CC(C)CC(C)/C=C(C)\C(O)=C2\C(=O)CN(C)C2=O)[C@H](O)[C@@H](O)[C@H]1O. The Hall–Kier alpha value is -2.42. The Morgan fingerprint density at radius 1 is 0.547 bits per heavy atom. The molecule has 2 saturated heterocycles. The molecule has 1 amide bonds. The summed E-state index contributed by atoms with van der Waals surface area (Å²) in [5.74, 6) is -9.30. The number of nitrogens with zero attached hydrogens (tertiary/aromatic N) is 1. The third-order valence-electron chi connectivity index (χ3n) is 18.3. The summed E-state index contributed by atoms with van der Waals surface area (Å²) in [6.07, 6.45) is -28.1. The molecule has 2 aliphatic heterocycles. The molecule has 0 spiro atoms. The molecule has 506 valence electrons. The molecular weight excluding hydrogens is 1130 g/mol. The Bertz CT molecular complexity index is 2040. The molecule has 21 N–H and O–H groups in total. The molecule has 0 aromatic heterocycles. The van der Waals surface area contributed by atoms with Gasteiger partial charge in [0.25, 0.3) is 5.91 Å². The summed E-state index contributed by atoms with van der Waals surface area (Å²) in [7, 11) is 1.46. The zero-order valence-electron chi connectivity index (χ0n) is 52.3. The van der Waals surface area contributed by atoms with E-state index in [0.717, 1.165) is 38.5 Å². The molecule has 25 nitrogen and oxygen atoms in total. The molecule has 86 heavy (non-hydrogen) atoms. The first-order valence-corrected chi connectivity index (χ1v) is 31.1. The van der Waals surface area contributed by atoms with Gasteiger partial charge in [-0.25, -0.2) is 0 Å². The number of unbranched alkanes of at least 4 members (excludes halogenated alkanes) is 6. The second-order valence-corrected chi connectivity index (χ2v) is 26.0. The molecule has 0 aromatic carbocycles. The van der Waals surface area contributed by atoms with Crippen molar-refractivity contribution in [3.63, 3.8) is 0 Å². The Morgan fingerprint density at radius 2 is 1.00 bits per heavy atom. The number of likely N-dealkylation sites (tertiary alicyclic amines) is 1. The highest BCUT2D eigenvalue weighted by atomic mass is 16.7. The fourth-order valence-corrected chi connectivity index (χ4v) is 12.2. The molecule has 0 saturated carbocycles. The molecule has 2 fully saturated rings. The predicted octanol–water partition coefficient (Wildman–Crippen LogP) is -1.56. The van der Waals surface area contributed by atoms with E-state index in [1.807, 2.05) is 13.8 Å². The number of rotatable bonds is 41. The van der Waals surface area contributed by atoms with E-state index in [2.05, 4.69) is 6.92 Å². The minimum absolute atomic E-state index is 0.114. The number of amides is 1. The molecule has 2 rings (SSSR count). The smallest absolute Gasteiger partial charge is 0.261 e. The lowest BCUT2D eigenvalue weighted by Gasteiger charge is -2.47. The third kappa shape index (κ3) is 23.4. The van der Waals surface area contributed by atoms with Crippen molar-refractivity contribution in [2.75, 3.05) is 13.6 Å². The van der Waals surface area contributed by atoms with Crippen molar-refractivity contribution in [1.82, 2.24) is 4.90 Å². The van der Waals surface area contributed by atoms with E-state index < -0.39 is 201 Å². The van der Waals surface area contributed by atoms with Gasteiger partial charge in [-0.15, -0.1) is 0 Å². The molecule has 2 aliphatic rings. The summed E-state index contributed by atoms with van der Waals surface area (Å²) < 4.78 is 5.50. The number of aliphatic hydroxyl groups excluding tert-OH is 20. The van der Waals surface area contributed by atoms with E-state index in [9.17, 15) is 117 Å². The quantitative estimate of drug-likeness (QED) is 0.0143. The number of allylic oxidation sites excluding steroid dienone is 2. The van der Waals surface area contributed by atoms with Crippen LogP contribution in [0.4, 0.5) is 0 Å². The molecule has 23 unspecified atom stereocenters. The van der Waals surface area contributed by atoms with Crippen LogP contribution < -0.4 is 0 Å². The molecule has 25 heteroatoms. The largest absolute Gasteiger partial charge is 0.507 e. The summed E-state index contributed by atoms with van der Waals surface area (Å²) in [6.45, 7) is 14.6. The second kappa shape index (κ2) is 37.2. The number of carbonyl (C=O) groups excluding carboxylic acids is 2. The standard InChI is InChI=1S/C61H113NO24/c1-11-12-13-14-15-16-17-18-37(63)27-61(85)59(83)58(82)56(80)47(86-61)26-45(71)55(79)57(81)54(78)44(70)24-39(65)22-38(64)23-40(66)32(5)50(74)33(6)41(67)25-42(68)34(7)51(75)35(8)52(76)36(9)53(77)43(69)21-30(3)19-29(2)20-31(4)49(73)48-46(72)28-62(10)60(48)84/h20,29-30,32-45,47,50-59,63-71,73-83,85H,11-19,21-28H2,1-10H3/b31-20-,49-48+/t29?,30?,32?,33?,34?,35?,36?,37?,38?,39?,40?,41?,42?,43?,44?,45?,47-,50?,51?,52?,53?,54?,55?,56-,57?,58+,59+,61+/m0/s1. The summed E-state index contributed by atoms with van der Waals surface area (Å²) in [6, 6.07) is 0. The normalized spacial score (nSPS) is 28.7. The Morgan fingerprint density at radius 3 is 1.52 bits per heavy atom. The zero-order chi connectivity index (χ0) is 66.0. The van der Waals surface area contributed by atoms with Crippen molar-refractivity contribution in [1.29, 1.82) is 0 Å². The number of hydrogen-bond acceptors (Lipinski definition) is 24. The van der Waals surface area contributed by atoms with Gasteiger partial charge in [0.1, 0.15) is 48.0 Å². The van der Waals surface area contributed by atoms with Crippen molar-refractivity contribution in [2.24, 2.45) is 41.4 Å². The van der Waals surface area contributed by atoms with Crippen LogP contribution in [0.1, 0.15) is 165 Å². The average Bonchev–Trinajstić information content (AvgIpc) is 1.09. The minimum atomic E-state index is -2.59. The first kappa shape index (κ1) is 79.7. The van der Waals surface area contributed by atoms with E-state index in [1.54, 1.807) is 13.0 Å². The maximum absolute atomic E-state index is 12.3. The molecular formula is C61H113NO24. The van der Waals surface area contributed by atoms with Crippen LogP contribution in [0.2, 0.25) is 0 Å². The average molecular weight is 1240 g/mol. The number of ether oxygens (including phenoxy) is 1. The van der Waals surface area contributed by atoms with Crippen molar-refractivity contribution in [2.45, 2.75) is 293 Å². The molecule has 0 aromatic rings. The number of hydrogen-bond donors (Lipinski definition) is 21. The Labute approximate surface area is 507 Å². The first-order valence-electron chi connectivity index (χ1n) is 31.1. The van der Waals surface area contributed by atoms with Crippen LogP contribution in [0.15, 0.2) is 23.0 Å². The third-order valence-corrected chi connectivity index (χ3v) is 18.3. The van der Waals surface area contributed by atoms with Gasteiger partial charge in [-0.3, -0.25) is 9.59 Å². The summed E-state index contributed by atoms with van der Waals surface area (Å²) in [5, 5.41) is 229. The van der Waals surface area contributed by atoms with Crippen LogP contribution in [0.5, 0.6) is 0 Å². The van der Waals surface area contributed by atoms with Crippen LogP contribution >= 0.6 is 0 Å².